The fraction of sp³-hybridized carbons (Fsp3) is 1.00. The molecule has 0 unspecified atom stereocenters. The first-order valence-electron chi connectivity index (χ1n) is 6.91. The molecule has 1 aliphatic carbocycles. The van der Waals surface area contributed by atoms with Crippen molar-refractivity contribution >= 4 is 0 Å². The molecule has 1 aliphatic heterocycles. The Morgan fingerprint density at radius 3 is 2.31 bits per heavy atom. The zero-order chi connectivity index (χ0) is 11.3. The first-order chi connectivity index (χ1) is 7.85. The number of ether oxygens (including phenoxy) is 1. The van der Waals surface area contributed by atoms with Crippen LogP contribution in [0.3, 0.4) is 0 Å². The molecule has 2 N–H and O–H groups in total. The molecule has 0 aromatic carbocycles. The third-order valence-corrected chi connectivity index (χ3v) is 4.15. The van der Waals surface area contributed by atoms with Gasteiger partial charge in [-0.05, 0) is 38.8 Å². The normalized spacial score (nSPS) is 26.1. The van der Waals surface area contributed by atoms with E-state index in [9.17, 15) is 0 Å². The SMILES string of the molecule is NCC1(OCCN2CCCC2)CCCCC1. The van der Waals surface area contributed by atoms with Gasteiger partial charge in [-0.3, -0.25) is 0 Å². The predicted octanol–water partition coefficient (Wildman–Crippen LogP) is 1.76. The summed E-state index contributed by atoms with van der Waals surface area (Å²) in [6, 6.07) is 0. The van der Waals surface area contributed by atoms with Gasteiger partial charge in [0.2, 0.25) is 0 Å². The second-order valence-corrected chi connectivity index (χ2v) is 5.35. The predicted molar refractivity (Wildman–Crippen MR) is 66.5 cm³/mol. The van der Waals surface area contributed by atoms with Crippen LogP contribution in [0.25, 0.3) is 0 Å². The summed E-state index contributed by atoms with van der Waals surface area (Å²) in [5, 5.41) is 0. The minimum absolute atomic E-state index is 0.0258. The summed E-state index contributed by atoms with van der Waals surface area (Å²) < 4.78 is 6.12. The van der Waals surface area contributed by atoms with Crippen molar-refractivity contribution in [2.45, 2.75) is 50.5 Å². The molecular formula is C13H26N2O. The van der Waals surface area contributed by atoms with Crippen molar-refractivity contribution < 1.29 is 4.74 Å². The molecule has 94 valence electrons. The second-order valence-electron chi connectivity index (χ2n) is 5.35. The molecule has 1 saturated heterocycles. The molecule has 0 spiro atoms. The van der Waals surface area contributed by atoms with E-state index >= 15 is 0 Å². The molecule has 1 heterocycles. The fourth-order valence-electron chi connectivity index (χ4n) is 3.00. The summed E-state index contributed by atoms with van der Waals surface area (Å²) in [5.74, 6) is 0. The number of rotatable bonds is 5. The summed E-state index contributed by atoms with van der Waals surface area (Å²) >= 11 is 0. The molecule has 3 nitrogen and oxygen atoms in total. The summed E-state index contributed by atoms with van der Waals surface area (Å²) in [5.41, 5.74) is 5.92. The van der Waals surface area contributed by atoms with Crippen LogP contribution in [0.4, 0.5) is 0 Å². The lowest BCUT2D eigenvalue weighted by Gasteiger charge is -2.36. The molecule has 1 saturated carbocycles. The van der Waals surface area contributed by atoms with Crippen molar-refractivity contribution in [1.29, 1.82) is 0 Å². The monoisotopic (exact) mass is 226 g/mol. The Morgan fingerprint density at radius 2 is 1.69 bits per heavy atom. The molecular weight excluding hydrogens is 200 g/mol. The van der Waals surface area contributed by atoms with Crippen LogP contribution in [0.1, 0.15) is 44.9 Å². The van der Waals surface area contributed by atoms with Crippen LogP contribution in [-0.2, 0) is 4.74 Å². The maximum Gasteiger partial charge on any atom is 0.0804 e. The van der Waals surface area contributed by atoms with Crippen molar-refractivity contribution in [3.8, 4) is 0 Å². The van der Waals surface area contributed by atoms with Crippen LogP contribution in [0, 0.1) is 0 Å². The number of hydrogen-bond acceptors (Lipinski definition) is 3. The quantitative estimate of drug-likeness (QED) is 0.776. The fourth-order valence-corrected chi connectivity index (χ4v) is 3.00. The lowest BCUT2D eigenvalue weighted by molar-refractivity contribution is -0.0677. The van der Waals surface area contributed by atoms with Gasteiger partial charge in [0.15, 0.2) is 0 Å². The van der Waals surface area contributed by atoms with Gasteiger partial charge in [0.05, 0.1) is 12.2 Å². The molecule has 0 atom stereocenters. The lowest BCUT2D eigenvalue weighted by atomic mass is 9.85. The molecule has 0 bridgehead atoms. The Kier molecular flexibility index (Phi) is 4.62. The second kappa shape index (κ2) is 5.99. The average molecular weight is 226 g/mol. The van der Waals surface area contributed by atoms with E-state index in [1.165, 1.54) is 58.0 Å². The van der Waals surface area contributed by atoms with E-state index in [0.29, 0.717) is 6.54 Å². The molecule has 3 heteroatoms. The number of nitrogens with two attached hydrogens (primary N) is 1. The van der Waals surface area contributed by atoms with E-state index in [2.05, 4.69) is 4.90 Å². The van der Waals surface area contributed by atoms with Crippen LogP contribution in [0.5, 0.6) is 0 Å². The highest BCUT2D eigenvalue weighted by atomic mass is 16.5. The van der Waals surface area contributed by atoms with Crippen molar-refractivity contribution in [3.05, 3.63) is 0 Å². The Bertz CT molecular complexity index is 196. The summed E-state index contributed by atoms with van der Waals surface area (Å²) in [7, 11) is 0. The van der Waals surface area contributed by atoms with E-state index < -0.39 is 0 Å². The minimum Gasteiger partial charge on any atom is -0.372 e. The Hall–Kier alpha value is -0.120. The van der Waals surface area contributed by atoms with E-state index in [1.54, 1.807) is 0 Å². The third kappa shape index (κ3) is 3.19. The summed E-state index contributed by atoms with van der Waals surface area (Å²) in [6.45, 7) is 5.20. The number of likely N-dealkylation sites (tertiary alicyclic amines) is 1. The summed E-state index contributed by atoms with van der Waals surface area (Å²) in [4.78, 5) is 2.51. The maximum atomic E-state index is 6.12. The topological polar surface area (TPSA) is 38.5 Å². The van der Waals surface area contributed by atoms with Gasteiger partial charge in [-0.1, -0.05) is 19.3 Å². The van der Waals surface area contributed by atoms with Gasteiger partial charge >= 0.3 is 0 Å². The molecule has 0 aromatic rings. The Balaban J connectivity index is 1.69. The summed E-state index contributed by atoms with van der Waals surface area (Å²) in [6.07, 6.45) is 9.01. The van der Waals surface area contributed by atoms with Crippen LogP contribution in [-0.4, -0.2) is 43.3 Å². The number of nitrogens with zero attached hydrogens (tertiary/aromatic N) is 1. The first-order valence-corrected chi connectivity index (χ1v) is 6.91. The van der Waals surface area contributed by atoms with E-state index in [4.69, 9.17) is 10.5 Å². The van der Waals surface area contributed by atoms with Gasteiger partial charge in [-0.2, -0.15) is 0 Å². The van der Waals surface area contributed by atoms with Crippen molar-refractivity contribution in [1.82, 2.24) is 4.90 Å². The van der Waals surface area contributed by atoms with Crippen LogP contribution < -0.4 is 5.73 Å². The van der Waals surface area contributed by atoms with Crippen LogP contribution >= 0.6 is 0 Å². The van der Waals surface area contributed by atoms with E-state index in [1.807, 2.05) is 0 Å². The van der Waals surface area contributed by atoms with Gasteiger partial charge in [0.1, 0.15) is 0 Å². The van der Waals surface area contributed by atoms with Gasteiger partial charge < -0.3 is 15.4 Å². The first kappa shape index (κ1) is 12.3. The molecule has 0 amide bonds. The third-order valence-electron chi connectivity index (χ3n) is 4.15. The number of hydrogen-bond donors (Lipinski definition) is 1. The smallest absolute Gasteiger partial charge is 0.0804 e. The highest BCUT2D eigenvalue weighted by Crippen LogP contribution is 2.30. The van der Waals surface area contributed by atoms with Gasteiger partial charge in [0.25, 0.3) is 0 Å². The molecule has 2 rings (SSSR count). The largest absolute Gasteiger partial charge is 0.372 e. The maximum absolute atomic E-state index is 6.12. The lowest BCUT2D eigenvalue weighted by Crippen LogP contribution is -2.44. The zero-order valence-electron chi connectivity index (χ0n) is 10.4. The van der Waals surface area contributed by atoms with E-state index in [0.717, 1.165) is 13.2 Å². The highest BCUT2D eigenvalue weighted by molar-refractivity contribution is 4.85. The van der Waals surface area contributed by atoms with Gasteiger partial charge in [-0.25, -0.2) is 0 Å². The van der Waals surface area contributed by atoms with Gasteiger partial charge in [-0.15, -0.1) is 0 Å². The van der Waals surface area contributed by atoms with Crippen LogP contribution in [0.15, 0.2) is 0 Å². The highest BCUT2D eigenvalue weighted by Gasteiger charge is 2.31. The minimum atomic E-state index is 0.0258. The Morgan fingerprint density at radius 1 is 1.00 bits per heavy atom. The van der Waals surface area contributed by atoms with Crippen LogP contribution in [0.2, 0.25) is 0 Å². The zero-order valence-corrected chi connectivity index (χ0v) is 10.4. The molecule has 2 fully saturated rings. The molecule has 0 aromatic heterocycles. The molecule has 16 heavy (non-hydrogen) atoms. The Labute approximate surface area is 99.3 Å². The van der Waals surface area contributed by atoms with Crippen molar-refractivity contribution in [3.63, 3.8) is 0 Å². The van der Waals surface area contributed by atoms with Crippen molar-refractivity contribution in [2.24, 2.45) is 5.73 Å². The standard InChI is InChI=1S/C13H26N2O/c14-12-13(6-2-1-3-7-13)16-11-10-15-8-4-5-9-15/h1-12,14H2. The molecule has 2 aliphatic rings. The van der Waals surface area contributed by atoms with Gasteiger partial charge in [0, 0.05) is 13.1 Å². The van der Waals surface area contributed by atoms with Crippen molar-refractivity contribution in [2.75, 3.05) is 32.8 Å². The average Bonchev–Trinajstić information content (AvgIpc) is 2.83. The molecule has 0 radical (unpaired) electrons. The van der Waals surface area contributed by atoms with E-state index in [-0.39, 0.29) is 5.60 Å².